The van der Waals surface area contributed by atoms with E-state index in [2.05, 4.69) is 0 Å². The second-order valence-corrected chi connectivity index (χ2v) is 7.55. The summed E-state index contributed by atoms with van der Waals surface area (Å²) in [6, 6.07) is 15.8. The molecule has 0 bridgehead atoms. The molecular weight excluding hydrogens is 343 g/mol. The van der Waals surface area contributed by atoms with Gasteiger partial charge in [-0.05, 0) is 48.6 Å². The van der Waals surface area contributed by atoms with Crippen LogP contribution in [0.5, 0.6) is 0 Å². The predicted octanol–water partition coefficient (Wildman–Crippen LogP) is 3.76. The molecule has 2 aliphatic rings. The Labute approximate surface area is 158 Å². The maximum absolute atomic E-state index is 13.6. The van der Waals surface area contributed by atoms with Crippen LogP contribution in [0.25, 0.3) is 0 Å². The van der Waals surface area contributed by atoms with Crippen LogP contribution in [0.4, 0.5) is 10.1 Å². The van der Waals surface area contributed by atoms with Crippen molar-refractivity contribution < 1.29 is 14.0 Å². The van der Waals surface area contributed by atoms with Gasteiger partial charge >= 0.3 is 0 Å². The molecule has 27 heavy (non-hydrogen) atoms. The fraction of sp³-hybridized carbons (Fsp3) is 0.364. The third-order valence-corrected chi connectivity index (χ3v) is 5.89. The Kier molecular flexibility index (Phi) is 4.46. The molecule has 2 heterocycles. The number of rotatable bonds is 3. The zero-order valence-electron chi connectivity index (χ0n) is 15.4. The molecule has 2 aromatic carbocycles. The van der Waals surface area contributed by atoms with Crippen molar-refractivity contribution in [1.82, 2.24) is 4.90 Å². The Morgan fingerprint density at radius 2 is 1.78 bits per heavy atom. The lowest BCUT2D eigenvalue weighted by molar-refractivity contribution is -0.142. The molecule has 140 valence electrons. The summed E-state index contributed by atoms with van der Waals surface area (Å²) in [5.74, 6) is -0.501. The van der Waals surface area contributed by atoms with E-state index in [1.54, 1.807) is 17.0 Å². The van der Waals surface area contributed by atoms with Crippen molar-refractivity contribution in [2.24, 2.45) is 5.92 Å². The van der Waals surface area contributed by atoms with Crippen molar-refractivity contribution in [3.05, 3.63) is 66.0 Å². The summed E-state index contributed by atoms with van der Waals surface area (Å²) in [6.07, 6.45) is 1.82. The number of nitrogens with zero attached hydrogens (tertiary/aromatic N) is 2. The van der Waals surface area contributed by atoms with E-state index in [-0.39, 0.29) is 23.5 Å². The number of hydrogen-bond donors (Lipinski definition) is 0. The molecule has 2 amide bonds. The minimum absolute atomic E-state index is 0.000257. The number of amides is 2. The van der Waals surface area contributed by atoms with Gasteiger partial charge in [-0.15, -0.1) is 0 Å². The van der Waals surface area contributed by atoms with E-state index in [0.29, 0.717) is 31.6 Å². The largest absolute Gasteiger partial charge is 0.336 e. The zero-order valence-corrected chi connectivity index (χ0v) is 15.4. The van der Waals surface area contributed by atoms with Crippen LogP contribution in [-0.2, 0) is 16.1 Å². The summed E-state index contributed by atoms with van der Waals surface area (Å²) in [5, 5.41) is 0. The van der Waals surface area contributed by atoms with Gasteiger partial charge in [-0.2, -0.15) is 0 Å². The normalized spacial score (nSPS) is 25.5. The molecule has 2 fully saturated rings. The van der Waals surface area contributed by atoms with E-state index in [9.17, 15) is 14.0 Å². The molecule has 0 saturated carbocycles. The van der Waals surface area contributed by atoms with E-state index in [1.165, 1.54) is 12.1 Å². The van der Waals surface area contributed by atoms with Crippen molar-refractivity contribution in [3.63, 3.8) is 0 Å². The molecule has 0 N–H and O–H groups in total. The van der Waals surface area contributed by atoms with Gasteiger partial charge in [0.15, 0.2) is 0 Å². The van der Waals surface area contributed by atoms with Crippen LogP contribution in [-0.4, -0.2) is 28.8 Å². The first-order valence-corrected chi connectivity index (χ1v) is 9.44. The third kappa shape index (κ3) is 2.91. The van der Waals surface area contributed by atoms with Crippen molar-refractivity contribution >= 4 is 17.5 Å². The smallest absolute Gasteiger partial charge is 0.249 e. The zero-order chi connectivity index (χ0) is 19.0. The first kappa shape index (κ1) is 17.7. The fourth-order valence-electron chi connectivity index (χ4n) is 4.57. The van der Waals surface area contributed by atoms with Crippen molar-refractivity contribution in [2.75, 3.05) is 11.4 Å². The van der Waals surface area contributed by atoms with Gasteiger partial charge in [-0.1, -0.05) is 37.3 Å². The quantitative estimate of drug-likeness (QED) is 0.830. The van der Waals surface area contributed by atoms with Crippen molar-refractivity contribution in [2.45, 2.75) is 38.3 Å². The highest BCUT2D eigenvalue weighted by molar-refractivity contribution is 6.07. The second-order valence-electron chi connectivity index (χ2n) is 7.55. The van der Waals surface area contributed by atoms with E-state index in [0.717, 1.165) is 12.0 Å². The summed E-state index contributed by atoms with van der Waals surface area (Å²) in [5.41, 5.74) is 0.802. The lowest BCUT2D eigenvalue weighted by Crippen LogP contribution is -2.63. The maximum Gasteiger partial charge on any atom is 0.249 e. The van der Waals surface area contributed by atoms with Gasteiger partial charge in [0.25, 0.3) is 0 Å². The second kappa shape index (κ2) is 6.80. The van der Waals surface area contributed by atoms with E-state index >= 15 is 0 Å². The van der Waals surface area contributed by atoms with Gasteiger partial charge in [0.1, 0.15) is 11.4 Å². The van der Waals surface area contributed by atoms with Crippen LogP contribution in [0.3, 0.4) is 0 Å². The van der Waals surface area contributed by atoms with Crippen LogP contribution >= 0.6 is 0 Å². The summed E-state index contributed by atoms with van der Waals surface area (Å²) < 4.78 is 13.4. The number of carbonyl (C=O) groups is 2. The van der Waals surface area contributed by atoms with Gasteiger partial charge in [0, 0.05) is 25.2 Å². The first-order valence-electron chi connectivity index (χ1n) is 9.44. The molecule has 2 unspecified atom stereocenters. The summed E-state index contributed by atoms with van der Waals surface area (Å²) in [6.45, 7) is 3.21. The van der Waals surface area contributed by atoms with Crippen LogP contribution in [0, 0.1) is 11.7 Å². The number of likely N-dealkylation sites (tertiary alicyclic amines) is 1. The molecule has 2 atom stereocenters. The van der Waals surface area contributed by atoms with Crippen LogP contribution in [0.15, 0.2) is 54.6 Å². The minimum atomic E-state index is -0.873. The number of benzene rings is 2. The topological polar surface area (TPSA) is 40.6 Å². The standard InChI is InChI=1S/C22H23FN2O2/c1-16-14-20(26)25(19-10-8-18(23)9-11-19)22(16)12-5-13-24(21(22)27)15-17-6-3-2-4-7-17/h2-4,6-11,16H,5,12-15H2,1H3. The first-order chi connectivity index (χ1) is 13.0. The third-order valence-electron chi connectivity index (χ3n) is 5.89. The molecule has 2 saturated heterocycles. The van der Waals surface area contributed by atoms with Gasteiger partial charge < -0.3 is 4.90 Å². The van der Waals surface area contributed by atoms with Crippen LogP contribution in [0.2, 0.25) is 0 Å². The highest BCUT2D eigenvalue weighted by Crippen LogP contribution is 2.45. The van der Waals surface area contributed by atoms with E-state index in [1.807, 2.05) is 42.2 Å². The lowest BCUT2D eigenvalue weighted by atomic mass is 9.78. The molecule has 4 rings (SSSR count). The maximum atomic E-state index is 13.6. The molecule has 4 nitrogen and oxygen atoms in total. The van der Waals surface area contributed by atoms with Crippen LogP contribution in [0.1, 0.15) is 31.7 Å². The average Bonchev–Trinajstić information content (AvgIpc) is 2.91. The summed E-state index contributed by atoms with van der Waals surface area (Å²) in [4.78, 5) is 29.9. The number of carbonyl (C=O) groups excluding carboxylic acids is 2. The lowest BCUT2D eigenvalue weighted by Gasteiger charge is -2.46. The Hall–Kier alpha value is -2.69. The minimum Gasteiger partial charge on any atom is -0.336 e. The monoisotopic (exact) mass is 366 g/mol. The Morgan fingerprint density at radius 1 is 1.07 bits per heavy atom. The van der Waals surface area contributed by atoms with Gasteiger partial charge in [-0.25, -0.2) is 4.39 Å². The molecule has 5 heteroatoms. The number of anilines is 1. The molecule has 1 spiro atoms. The molecule has 0 aliphatic carbocycles. The molecule has 2 aliphatic heterocycles. The van der Waals surface area contributed by atoms with Gasteiger partial charge in [0.05, 0.1) is 0 Å². The van der Waals surface area contributed by atoms with Crippen LogP contribution < -0.4 is 4.90 Å². The number of piperidine rings is 1. The summed E-state index contributed by atoms with van der Waals surface area (Å²) in [7, 11) is 0. The Balaban J connectivity index is 1.70. The molecular formula is C22H23FN2O2. The van der Waals surface area contributed by atoms with Crippen molar-refractivity contribution in [1.29, 1.82) is 0 Å². The Bertz CT molecular complexity index is 852. The van der Waals surface area contributed by atoms with Gasteiger partial charge in [0.2, 0.25) is 11.8 Å². The number of halogens is 1. The van der Waals surface area contributed by atoms with Gasteiger partial charge in [-0.3, -0.25) is 14.5 Å². The van der Waals surface area contributed by atoms with E-state index in [4.69, 9.17) is 0 Å². The van der Waals surface area contributed by atoms with Crippen molar-refractivity contribution in [3.8, 4) is 0 Å². The summed E-state index contributed by atoms with van der Waals surface area (Å²) >= 11 is 0. The highest BCUT2D eigenvalue weighted by atomic mass is 19.1. The fourth-order valence-corrected chi connectivity index (χ4v) is 4.57. The Morgan fingerprint density at radius 3 is 2.48 bits per heavy atom. The van der Waals surface area contributed by atoms with E-state index < -0.39 is 5.54 Å². The SMILES string of the molecule is CC1CC(=O)N(c2ccc(F)cc2)C12CCCN(Cc1ccccc1)C2=O. The molecule has 0 radical (unpaired) electrons. The average molecular weight is 366 g/mol. The number of hydrogen-bond acceptors (Lipinski definition) is 2. The molecule has 0 aromatic heterocycles. The predicted molar refractivity (Wildman–Crippen MR) is 101 cm³/mol. The molecule has 2 aromatic rings. The highest BCUT2D eigenvalue weighted by Gasteiger charge is 2.58.